The molecular formula is C14H18N4O. The normalized spacial score (nSPS) is 12.2. The summed E-state index contributed by atoms with van der Waals surface area (Å²) in [5.41, 5.74) is 12.9. The van der Waals surface area contributed by atoms with Gasteiger partial charge in [0.2, 0.25) is 5.91 Å². The number of amides is 1. The van der Waals surface area contributed by atoms with Crippen LogP contribution in [0.15, 0.2) is 53.2 Å². The Kier molecular flexibility index (Phi) is 5.88. The fourth-order valence-corrected chi connectivity index (χ4v) is 1.30. The van der Waals surface area contributed by atoms with Gasteiger partial charge >= 0.3 is 0 Å². The van der Waals surface area contributed by atoms with Gasteiger partial charge in [-0.15, -0.1) is 0 Å². The lowest BCUT2D eigenvalue weighted by Gasteiger charge is -2.04. The molecule has 1 aromatic carbocycles. The van der Waals surface area contributed by atoms with Crippen molar-refractivity contribution in [1.29, 1.82) is 0 Å². The molecule has 19 heavy (non-hydrogen) atoms. The Bertz CT molecular complexity index is 518. The van der Waals surface area contributed by atoms with E-state index >= 15 is 0 Å². The van der Waals surface area contributed by atoms with Crippen molar-refractivity contribution >= 4 is 23.5 Å². The molecule has 100 valence electrons. The van der Waals surface area contributed by atoms with Crippen molar-refractivity contribution in [2.45, 2.75) is 6.92 Å². The van der Waals surface area contributed by atoms with Crippen molar-refractivity contribution in [3.05, 3.63) is 48.2 Å². The Hall–Kier alpha value is -2.56. The van der Waals surface area contributed by atoms with Crippen LogP contribution in [0.3, 0.4) is 0 Å². The highest BCUT2D eigenvalue weighted by Gasteiger charge is 2.00. The fraction of sp³-hybridized carbons (Fsp3) is 0.143. The SMILES string of the molecule is CCN=CC(=CN)/C=C/C(=O)Nc1ccccc1N. The molecule has 5 heteroatoms. The van der Waals surface area contributed by atoms with E-state index in [2.05, 4.69) is 10.3 Å². The fourth-order valence-electron chi connectivity index (χ4n) is 1.30. The number of benzene rings is 1. The first-order valence-electron chi connectivity index (χ1n) is 5.92. The molecule has 0 unspecified atom stereocenters. The van der Waals surface area contributed by atoms with E-state index in [1.54, 1.807) is 36.6 Å². The summed E-state index contributed by atoms with van der Waals surface area (Å²) in [6.45, 7) is 2.58. The van der Waals surface area contributed by atoms with Gasteiger partial charge in [0.05, 0.1) is 11.4 Å². The molecule has 0 spiro atoms. The van der Waals surface area contributed by atoms with Gasteiger partial charge in [-0.2, -0.15) is 0 Å². The predicted molar refractivity (Wildman–Crippen MR) is 79.9 cm³/mol. The minimum atomic E-state index is -0.276. The quantitative estimate of drug-likeness (QED) is 0.325. The third kappa shape index (κ3) is 5.08. The number of nitrogens with one attached hydrogen (secondary N) is 1. The van der Waals surface area contributed by atoms with Crippen LogP contribution in [0, 0.1) is 0 Å². The van der Waals surface area contributed by atoms with Gasteiger partial charge in [0.25, 0.3) is 0 Å². The summed E-state index contributed by atoms with van der Waals surface area (Å²) in [6, 6.07) is 7.06. The number of hydrogen-bond donors (Lipinski definition) is 3. The number of nitrogens with zero attached hydrogens (tertiary/aromatic N) is 1. The van der Waals surface area contributed by atoms with E-state index in [0.717, 1.165) is 0 Å². The summed E-state index contributed by atoms with van der Waals surface area (Å²) in [5, 5.41) is 2.68. The second-order valence-electron chi connectivity index (χ2n) is 3.70. The lowest BCUT2D eigenvalue weighted by Crippen LogP contribution is -2.09. The summed E-state index contributed by atoms with van der Waals surface area (Å²) in [6.07, 6.45) is 5.97. The molecule has 0 fully saturated rings. The molecule has 0 aliphatic heterocycles. The van der Waals surface area contributed by atoms with Crippen LogP contribution in [-0.2, 0) is 4.79 Å². The third-order valence-electron chi connectivity index (χ3n) is 2.26. The molecule has 0 bridgehead atoms. The maximum absolute atomic E-state index is 11.7. The number of para-hydroxylation sites is 2. The van der Waals surface area contributed by atoms with Crippen molar-refractivity contribution in [3.63, 3.8) is 0 Å². The maximum Gasteiger partial charge on any atom is 0.248 e. The first kappa shape index (κ1) is 14.5. The number of nitrogen functional groups attached to an aromatic ring is 1. The average molecular weight is 258 g/mol. The van der Waals surface area contributed by atoms with E-state index in [0.29, 0.717) is 23.5 Å². The molecule has 1 amide bonds. The Morgan fingerprint density at radius 2 is 2.11 bits per heavy atom. The minimum Gasteiger partial charge on any atom is -0.404 e. The molecule has 1 aromatic rings. The third-order valence-corrected chi connectivity index (χ3v) is 2.26. The van der Waals surface area contributed by atoms with Crippen LogP contribution in [0.25, 0.3) is 0 Å². The largest absolute Gasteiger partial charge is 0.404 e. The van der Waals surface area contributed by atoms with Crippen molar-refractivity contribution in [3.8, 4) is 0 Å². The maximum atomic E-state index is 11.7. The highest BCUT2D eigenvalue weighted by molar-refractivity contribution is 6.02. The number of allylic oxidation sites excluding steroid dienone is 2. The summed E-state index contributed by atoms with van der Waals surface area (Å²) in [4.78, 5) is 15.7. The van der Waals surface area contributed by atoms with Crippen molar-refractivity contribution in [2.75, 3.05) is 17.6 Å². The molecule has 5 nitrogen and oxygen atoms in total. The van der Waals surface area contributed by atoms with Crippen molar-refractivity contribution in [2.24, 2.45) is 10.7 Å². The molecule has 0 aliphatic carbocycles. The first-order valence-corrected chi connectivity index (χ1v) is 5.92. The number of carbonyl (C=O) groups is 1. The second kappa shape index (κ2) is 7.71. The van der Waals surface area contributed by atoms with Crippen LogP contribution in [0.4, 0.5) is 11.4 Å². The molecule has 0 saturated carbocycles. The molecule has 0 heterocycles. The van der Waals surface area contributed by atoms with Crippen LogP contribution >= 0.6 is 0 Å². The zero-order valence-electron chi connectivity index (χ0n) is 10.8. The number of carbonyl (C=O) groups excluding carboxylic acids is 1. The van der Waals surface area contributed by atoms with E-state index in [9.17, 15) is 4.79 Å². The van der Waals surface area contributed by atoms with E-state index in [1.807, 2.05) is 6.92 Å². The Labute approximate surface area is 112 Å². The number of hydrogen-bond acceptors (Lipinski definition) is 4. The molecular weight excluding hydrogens is 240 g/mol. The first-order chi connectivity index (χ1) is 9.17. The van der Waals surface area contributed by atoms with Gasteiger partial charge in [-0.3, -0.25) is 9.79 Å². The summed E-state index contributed by atoms with van der Waals surface area (Å²) in [5.74, 6) is -0.276. The molecule has 0 aromatic heterocycles. The van der Waals surface area contributed by atoms with Gasteiger partial charge in [-0.25, -0.2) is 0 Å². The van der Waals surface area contributed by atoms with E-state index in [-0.39, 0.29) is 5.91 Å². The zero-order valence-corrected chi connectivity index (χ0v) is 10.8. The van der Waals surface area contributed by atoms with Crippen molar-refractivity contribution in [1.82, 2.24) is 0 Å². The standard InChI is InChI=1S/C14H18N4O/c1-2-17-10-11(9-15)7-8-14(19)18-13-6-4-3-5-12(13)16/h3-10H,2,15-16H2,1H3,(H,18,19)/b8-7+,11-9?,17-10?. The molecule has 0 saturated heterocycles. The van der Waals surface area contributed by atoms with Gasteiger partial charge in [-0.1, -0.05) is 12.1 Å². The zero-order chi connectivity index (χ0) is 14.1. The van der Waals surface area contributed by atoms with E-state index in [4.69, 9.17) is 11.5 Å². The van der Waals surface area contributed by atoms with Gasteiger partial charge in [0, 0.05) is 30.6 Å². The topological polar surface area (TPSA) is 93.5 Å². The number of anilines is 2. The van der Waals surface area contributed by atoms with Gasteiger partial charge < -0.3 is 16.8 Å². The highest BCUT2D eigenvalue weighted by atomic mass is 16.1. The average Bonchev–Trinajstić information content (AvgIpc) is 2.41. The minimum absolute atomic E-state index is 0.276. The van der Waals surface area contributed by atoms with E-state index < -0.39 is 0 Å². The van der Waals surface area contributed by atoms with Gasteiger partial charge in [0.1, 0.15) is 0 Å². The number of aliphatic imine (C=N–C) groups is 1. The molecule has 1 rings (SSSR count). The number of rotatable bonds is 5. The van der Waals surface area contributed by atoms with Crippen LogP contribution in [0.5, 0.6) is 0 Å². The summed E-state index contributed by atoms with van der Waals surface area (Å²) >= 11 is 0. The van der Waals surface area contributed by atoms with Crippen LogP contribution < -0.4 is 16.8 Å². The summed E-state index contributed by atoms with van der Waals surface area (Å²) in [7, 11) is 0. The van der Waals surface area contributed by atoms with Crippen LogP contribution in [-0.4, -0.2) is 18.7 Å². The smallest absolute Gasteiger partial charge is 0.248 e. The molecule has 0 atom stereocenters. The molecule has 0 radical (unpaired) electrons. The highest BCUT2D eigenvalue weighted by Crippen LogP contribution is 2.16. The summed E-state index contributed by atoms with van der Waals surface area (Å²) < 4.78 is 0. The van der Waals surface area contributed by atoms with Crippen LogP contribution in [0.2, 0.25) is 0 Å². The lowest BCUT2D eigenvalue weighted by atomic mass is 10.2. The van der Waals surface area contributed by atoms with Gasteiger partial charge in [-0.05, 0) is 25.1 Å². The number of nitrogens with two attached hydrogens (primary N) is 2. The van der Waals surface area contributed by atoms with Crippen molar-refractivity contribution < 1.29 is 4.79 Å². The Morgan fingerprint density at radius 1 is 1.37 bits per heavy atom. The Morgan fingerprint density at radius 3 is 2.74 bits per heavy atom. The predicted octanol–water partition coefficient (Wildman–Crippen LogP) is 1.70. The lowest BCUT2D eigenvalue weighted by molar-refractivity contribution is -0.111. The van der Waals surface area contributed by atoms with Crippen LogP contribution in [0.1, 0.15) is 6.92 Å². The molecule has 0 aliphatic rings. The molecule has 5 N–H and O–H groups in total. The monoisotopic (exact) mass is 258 g/mol. The Balaban J connectivity index is 2.65. The van der Waals surface area contributed by atoms with Gasteiger partial charge in [0.15, 0.2) is 0 Å². The second-order valence-corrected chi connectivity index (χ2v) is 3.70. The van der Waals surface area contributed by atoms with E-state index in [1.165, 1.54) is 12.3 Å².